The maximum absolute atomic E-state index is 12.8. The largest absolute Gasteiger partial charge is 0.497 e. The molecule has 27 heavy (non-hydrogen) atoms. The van der Waals surface area contributed by atoms with Crippen LogP contribution in [0.15, 0.2) is 36.5 Å². The molecule has 0 aliphatic heterocycles. The van der Waals surface area contributed by atoms with E-state index in [0.29, 0.717) is 12.5 Å². The number of methoxy groups -OCH3 is 1. The first kappa shape index (κ1) is 19.3. The van der Waals surface area contributed by atoms with Crippen molar-refractivity contribution >= 4 is 5.91 Å². The summed E-state index contributed by atoms with van der Waals surface area (Å²) >= 11 is 0. The molecule has 3 rings (SSSR count). The third kappa shape index (κ3) is 4.81. The smallest absolute Gasteiger partial charge is 0.435 e. The summed E-state index contributed by atoms with van der Waals surface area (Å²) in [5, 5.41) is 3.48. The quantitative estimate of drug-likeness (QED) is 0.734. The lowest BCUT2D eigenvalue weighted by molar-refractivity contribution is -0.142. The maximum atomic E-state index is 12.8. The molecule has 1 atom stereocenters. The molecule has 0 spiro atoms. The fraction of sp³-hybridized carbons (Fsp3) is 0.474. The van der Waals surface area contributed by atoms with Crippen LogP contribution >= 0.6 is 0 Å². The summed E-state index contributed by atoms with van der Waals surface area (Å²) in [7, 11) is 1.58. The van der Waals surface area contributed by atoms with Crippen LogP contribution in [0.3, 0.4) is 0 Å². The van der Waals surface area contributed by atoms with Crippen molar-refractivity contribution in [3.63, 3.8) is 0 Å². The fourth-order valence-electron chi connectivity index (χ4n) is 3.05. The third-order valence-corrected chi connectivity index (χ3v) is 4.86. The first-order valence-electron chi connectivity index (χ1n) is 8.81. The van der Waals surface area contributed by atoms with Gasteiger partial charge in [-0.3, -0.25) is 9.48 Å². The minimum absolute atomic E-state index is 0.0252. The predicted octanol–water partition coefficient (Wildman–Crippen LogP) is 3.74. The Morgan fingerprint density at radius 1 is 1.30 bits per heavy atom. The molecule has 1 aromatic carbocycles. The van der Waals surface area contributed by atoms with Gasteiger partial charge in [0.25, 0.3) is 0 Å². The van der Waals surface area contributed by atoms with Crippen molar-refractivity contribution in [2.24, 2.45) is 5.92 Å². The molecule has 0 N–H and O–H groups in total. The molecule has 2 aromatic rings. The third-order valence-electron chi connectivity index (χ3n) is 4.86. The summed E-state index contributed by atoms with van der Waals surface area (Å²) in [6, 6.07) is 8.32. The van der Waals surface area contributed by atoms with Crippen molar-refractivity contribution in [2.45, 2.75) is 45.1 Å². The number of hydrogen-bond donors (Lipinski definition) is 0. The van der Waals surface area contributed by atoms with E-state index in [1.807, 2.05) is 31.2 Å². The van der Waals surface area contributed by atoms with Crippen molar-refractivity contribution in [1.29, 1.82) is 0 Å². The molecule has 5 nitrogen and oxygen atoms in total. The van der Waals surface area contributed by atoms with Gasteiger partial charge in [0.1, 0.15) is 12.3 Å². The van der Waals surface area contributed by atoms with Gasteiger partial charge < -0.3 is 9.64 Å². The van der Waals surface area contributed by atoms with Gasteiger partial charge in [-0.2, -0.15) is 18.3 Å². The maximum Gasteiger partial charge on any atom is 0.435 e. The zero-order chi connectivity index (χ0) is 19.6. The zero-order valence-corrected chi connectivity index (χ0v) is 15.2. The number of carbonyl (C=O) groups excluding carboxylic acids is 1. The molecule has 1 fully saturated rings. The summed E-state index contributed by atoms with van der Waals surface area (Å²) in [5.41, 5.74) is -0.0552. The molecule has 1 aliphatic carbocycles. The highest BCUT2D eigenvalue weighted by Crippen LogP contribution is 2.36. The van der Waals surface area contributed by atoms with E-state index in [4.69, 9.17) is 4.74 Å². The number of nitrogens with zero attached hydrogens (tertiary/aromatic N) is 3. The Morgan fingerprint density at radius 2 is 1.96 bits per heavy atom. The Bertz CT molecular complexity index is 782. The van der Waals surface area contributed by atoms with Gasteiger partial charge in [-0.05, 0) is 49.4 Å². The number of benzene rings is 1. The minimum atomic E-state index is -4.52. The van der Waals surface area contributed by atoms with Gasteiger partial charge in [-0.25, -0.2) is 0 Å². The molecule has 8 heteroatoms. The van der Waals surface area contributed by atoms with Crippen LogP contribution in [0.25, 0.3) is 0 Å². The number of alkyl halides is 3. The van der Waals surface area contributed by atoms with E-state index < -0.39 is 11.9 Å². The average Bonchev–Trinajstić information content (AvgIpc) is 3.37. The van der Waals surface area contributed by atoms with Gasteiger partial charge in [-0.1, -0.05) is 12.1 Å². The highest BCUT2D eigenvalue weighted by atomic mass is 19.4. The van der Waals surface area contributed by atoms with E-state index in [1.165, 1.54) is 6.20 Å². The van der Waals surface area contributed by atoms with Crippen LogP contribution in [0.2, 0.25) is 0 Å². The topological polar surface area (TPSA) is 47.4 Å². The van der Waals surface area contributed by atoms with E-state index in [0.717, 1.165) is 34.9 Å². The van der Waals surface area contributed by atoms with Gasteiger partial charge in [0.05, 0.1) is 7.11 Å². The second-order valence-corrected chi connectivity index (χ2v) is 6.84. The van der Waals surface area contributed by atoms with Crippen LogP contribution < -0.4 is 4.74 Å². The van der Waals surface area contributed by atoms with Gasteiger partial charge in [-0.15, -0.1) is 0 Å². The van der Waals surface area contributed by atoms with E-state index in [2.05, 4.69) is 5.10 Å². The number of aromatic nitrogens is 2. The summed E-state index contributed by atoms with van der Waals surface area (Å²) in [6.07, 6.45) is -1.20. The molecule has 1 amide bonds. The molecule has 0 bridgehead atoms. The predicted molar refractivity (Wildman–Crippen MR) is 93.0 cm³/mol. The van der Waals surface area contributed by atoms with Gasteiger partial charge in [0, 0.05) is 18.8 Å². The Kier molecular flexibility index (Phi) is 5.43. The molecule has 146 valence electrons. The number of hydrogen-bond acceptors (Lipinski definition) is 3. The molecular formula is C19H22F3N3O2. The first-order chi connectivity index (χ1) is 12.8. The van der Waals surface area contributed by atoms with Crippen molar-refractivity contribution in [1.82, 2.24) is 14.7 Å². The summed E-state index contributed by atoms with van der Waals surface area (Å²) < 4.78 is 44.3. The van der Waals surface area contributed by atoms with Crippen LogP contribution in [0.4, 0.5) is 13.2 Å². The summed E-state index contributed by atoms with van der Waals surface area (Å²) in [4.78, 5) is 14.6. The van der Waals surface area contributed by atoms with Crippen LogP contribution in [0.5, 0.6) is 5.75 Å². The highest BCUT2D eigenvalue weighted by Gasteiger charge is 2.36. The van der Waals surface area contributed by atoms with Gasteiger partial charge in [0.15, 0.2) is 5.69 Å². The molecule has 1 aromatic heterocycles. The molecule has 1 heterocycles. The SMILES string of the molecule is COc1ccc(CN(C(=O)Cn2ccc(C(F)(F)F)n2)C(C)C2CC2)cc1. The zero-order valence-electron chi connectivity index (χ0n) is 15.2. The summed E-state index contributed by atoms with van der Waals surface area (Å²) in [5.74, 6) is 0.917. The van der Waals surface area contributed by atoms with E-state index in [9.17, 15) is 18.0 Å². The lowest BCUT2D eigenvalue weighted by Gasteiger charge is -2.29. The minimum Gasteiger partial charge on any atom is -0.497 e. The Balaban J connectivity index is 1.73. The molecule has 0 radical (unpaired) electrons. The fourth-order valence-corrected chi connectivity index (χ4v) is 3.05. The second-order valence-electron chi connectivity index (χ2n) is 6.84. The first-order valence-corrected chi connectivity index (χ1v) is 8.81. The molecule has 1 unspecified atom stereocenters. The Morgan fingerprint density at radius 3 is 2.48 bits per heavy atom. The highest BCUT2D eigenvalue weighted by molar-refractivity contribution is 5.76. The average molecular weight is 381 g/mol. The standard InChI is InChI=1S/C19H22F3N3O2/c1-13(15-5-6-15)25(11-14-3-7-16(27-2)8-4-14)18(26)12-24-10-9-17(23-24)19(20,21)22/h3-4,7-10,13,15H,5-6,11-12H2,1-2H3. The van der Waals surface area contributed by atoms with Crippen molar-refractivity contribution in [2.75, 3.05) is 7.11 Å². The van der Waals surface area contributed by atoms with Crippen LogP contribution in [0, 0.1) is 5.92 Å². The molecule has 1 saturated carbocycles. The van der Waals surface area contributed by atoms with Gasteiger partial charge >= 0.3 is 6.18 Å². The Hall–Kier alpha value is -2.51. The monoisotopic (exact) mass is 381 g/mol. The Labute approximate surface area is 155 Å². The van der Waals surface area contributed by atoms with Crippen molar-refractivity contribution < 1.29 is 22.7 Å². The van der Waals surface area contributed by atoms with Crippen molar-refractivity contribution in [3.8, 4) is 5.75 Å². The van der Waals surface area contributed by atoms with E-state index in [1.54, 1.807) is 12.0 Å². The second kappa shape index (κ2) is 7.62. The number of carbonyl (C=O) groups is 1. The summed E-state index contributed by atoms with van der Waals surface area (Å²) in [6.45, 7) is 2.17. The van der Waals surface area contributed by atoms with Gasteiger partial charge in [0.2, 0.25) is 5.91 Å². The number of amides is 1. The number of halogens is 3. The lowest BCUT2D eigenvalue weighted by atomic mass is 10.1. The lowest BCUT2D eigenvalue weighted by Crippen LogP contribution is -2.41. The number of ether oxygens (including phenoxy) is 1. The van der Waals surface area contributed by atoms with Crippen LogP contribution in [-0.2, 0) is 24.1 Å². The molecule has 1 aliphatic rings. The van der Waals surface area contributed by atoms with Crippen LogP contribution in [-0.4, -0.2) is 33.7 Å². The normalized spacial score (nSPS) is 15.4. The van der Waals surface area contributed by atoms with Crippen molar-refractivity contribution in [3.05, 3.63) is 47.8 Å². The molecular weight excluding hydrogens is 359 g/mol. The van der Waals surface area contributed by atoms with Crippen LogP contribution in [0.1, 0.15) is 31.0 Å². The van der Waals surface area contributed by atoms with E-state index >= 15 is 0 Å². The van der Waals surface area contributed by atoms with E-state index in [-0.39, 0.29) is 18.5 Å². The molecule has 0 saturated heterocycles. The number of rotatable bonds is 7.